The lowest BCUT2D eigenvalue weighted by atomic mass is 9.99. The van der Waals surface area contributed by atoms with Crippen LogP contribution in [-0.4, -0.2) is 63.0 Å². The number of hydrogen-bond acceptors (Lipinski definition) is 12. The molecule has 0 unspecified atom stereocenters. The van der Waals surface area contributed by atoms with Gasteiger partial charge in [-0.1, -0.05) is 0 Å². The van der Waals surface area contributed by atoms with E-state index in [1.807, 2.05) is 0 Å². The Morgan fingerprint density at radius 1 is 1.00 bits per heavy atom. The minimum Gasteiger partial charge on any atom is -0.508 e. The number of aliphatic hydroxyl groups excluding tert-OH is 1. The Morgan fingerprint density at radius 3 is 2.32 bits per heavy atom. The first-order valence-electron chi connectivity index (χ1n) is 11.4. The molecule has 5 atom stereocenters. The molecular weight excluding hydrogens is 506 g/mol. The lowest BCUT2D eigenvalue weighted by molar-refractivity contribution is -0.287. The Kier molecular flexibility index (Phi) is 7.44. The van der Waals surface area contributed by atoms with Crippen LogP contribution in [0.5, 0.6) is 23.0 Å². The Morgan fingerprint density at radius 2 is 1.68 bits per heavy atom. The molecule has 202 valence electrons. The minimum atomic E-state index is -1.72. The lowest BCUT2D eigenvalue weighted by Gasteiger charge is -2.41. The fourth-order valence-corrected chi connectivity index (χ4v) is 4.02. The first-order valence-corrected chi connectivity index (χ1v) is 11.4. The molecule has 1 fully saturated rings. The maximum Gasteiger partial charge on any atom is 0.303 e. The van der Waals surface area contributed by atoms with Crippen molar-refractivity contribution in [3.05, 3.63) is 46.6 Å². The Hall–Kier alpha value is -4.33. The summed E-state index contributed by atoms with van der Waals surface area (Å²) in [5.41, 5.74) is 1.35. The number of hydroxylamine groups is 1. The number of nitrogens with one attached hydrogen (secondary N) is 1. The number of aromatic hydroxyl groups is 3. The molecule has 0 saturated carbocycles. The van der Waals surface area contributed by atoms with E-state index >= 15 is 0 Å². The summed E-state index contributed by atoms with van der Waals surface area (Å²) < 4.78 is 22.6. The zero-order valence-electron chi connectivity index (χ0n) is 20.4. The average Bonchev–Trinajstić information content (AvgIpc) is 2.82. The van der Waals surface area contributed by atoms with Crippen LogP contribution in [0.4, 0.5) is 0 Å². The number of carbonyl (C=O) groups excluding carboxylic acids is 2. The highest BCUT2D eigenvalue weighted by atomic mass is 16.7. The summed E-state index contributed by atoms with van der Waals surface area (Å²) in [6.07, 6.45) is -6.79. The van der Waals surface area contributed by atoms with Gasteiger partial charge < -0.3 is 39.1 Å². The van der Waals surface area contributed by atoms with E-state index in [0.717, 1.165) is 19.1 Å². The number of esters is 1. The van der Waals surface area contributed by atoms with Crippen LogP contribution in [0.15, 0.2) is 45.6 Å². The van der Waals surface area contributed by atoms with Gasteiger partial charge in [0.15, 0.2) is 24.1 Å². The molecule has 0 radical (unpaired) electrons. The zero-order chi connectivity index (χ0) is 27.7. The van der Waals surface area contributed by atoms with Gasteiger partial charge in [0.2, 0.25) is 23.4 Å². The van der Waals surface area contributed by atoms with Gasteiger partial charge in [0, 0.05) is 31.5 Å². The molecule has 1 aromatic heterocycles. The van der Waals surface area contributed by atoms with Crippen LogP contribution in [0.25, 0.3) is 22.3 Å². The SMILES string of the molecule is CC(=O)NO[C@@H]1[C@@H](OC(C)=O)[C@@H](O)[C@H](Oc2c(-c3ccc(O)cc3)oc3cc(O)cc(O)c3c2=O)O[C@H]1C. The number of aliphatic hydroxyl groups is 1. The maximum atomic E-state index is 13.5. The number of benzene rings is 2. The number of rotatable bonds is 6. The number of carbonyl (C=O) groups is 2. The lowest BCUT2D eigenvalue weighted by Crippen LogP contribution is -2.61. The molecule has 2 aromatic carbocycles. The molecule has 13 nitrogen and oxygen atoms in total. The van der Waals surface area contributed by atoms with E-state index in [0.29, 0.717) is 0 Å². The summed E-state index contributed by atoms with van der Waals surface area (Å²) in [4.78, 5) is 41.9. The van der Waals surface area contributed by atoms with Gasteiger partial charge in [0.05, 0.1) is 6.10 Å². The normalized spacial score (nSPS) is 23.1. The molecule has 5 N–H and O–H groups in total. The van der Waals surface area contributed by atoms with E-state index in [2.05, 4.69) is 5.48 Å². The topological polar surface area (TPSA) is 194 Å². The predicted octanol–water partition coefficient (Wildman–Crippen LogP) is 1.43. The second-order valence-electron chi connectivity index (χ2n) is 8.61. The molecule has 4 rings (SSSR count). The van der Waals surface area contributed by atoms with E-state index in [4.69, 9.17) is 23.5 Å². The van der Waals surface area contributed by atoms with Crippen molar-refractivity contribution in [2.45, 2.75) is 51.5 Å². The van der Waals surface area contributed by atoms with Crippen LogP contribution in [-0.2, 0) is 23.9 Å². The molecular formula is C25H25NO12. The Bertz CT molecular complexity index is 1420. The van der Waals surface area contributed by atoms with Crippen molar-refractivity contribution in [3.63, 3.8) is 0 Å². The molecule has 1 amide bonds. The summed E-state index contributed by atoms with van der Waals surface area (Å²) in [5.74, 6) is -2.99. The van der Waals surface area contributed by atoms with Crippen molar-refractivity contribution < 1.29 is 53.5 Å². The molecule has 1 saturated heterocycles. The minimum absolute atomic E-state index is 0.0658. The Labute approximate surface area is 214 Å². The summed E-state index contributed by atoms with van der Waals surface area (Å²) in [6, 6.07) is 7.58. The average molecular weight is 531 g/mol. The van der Waals surface area contributed by atoms with Gasteiger partial charge in [-0.15, -0.1) is 0 Å². The summed E-state index contributed by atoms with van der Waals surface area (Å²) in [6.45, 7) is 3.80. The van der Waals surface area contributed by atoms with Gasteiger partial charge in [0.1, 0.15) is 28.2 Å². The van der Waals surface area contributed by atoms with E-state index < -0.39 is 59.5 Å². The fraction of sp³-hybridized carbons (Fsp3) is 0.320. The van der Waals surface area contributed by atoms with Crippen molar-refractivity contribution >= 4 is 22.8 Å². The van der Waals surface area contributed by atoms with Gasteiger partial charge in [-0.05, 0) is 31.2 Å². The van der Waals surface area contributed by atoms with Crippen LogP contribution in [0, 0.1) is 0 Å². The number of ether oxygens (including phenoxy) is 3. The van der Waals surface area contributed by atoms with Crippen molar-refractivity contribution in [2.75, 3.05) is 0 Å². The molecule has 1 aliphatic heterocycles. The van der Waals surface area contributed by atoms with Crippen molar-refractivity contribution in [3.8, 4) is 34.3 Å². The molecule has 38 heavy (non-hydrogen) atoms. The number of phenolic OH excluding ortho intramolecular Hbond substituents is 3. The molecule has 1 aliphatic rings. The van der Waals surface area contributed by atoms with Crippen molar-refractivity contribution in [2.24, 2.45) is 0 Å². The summed E-state index contributed by atoms with van der Waals surface area (Å²) in [5, 5.41) is 40.6. The second kappa shape index (κ2) is 10.6. The highest BCUT2D eigenvalue weighted by Crippen LogP contribution is 2.37. The second-order valence-corrected chi connectivity index (χ2v) is 8.61. The largest absolute Gasteiger partial charge is 0.508 e. The third-order valence-corrected chi connectivity index (χ3v) is 5.67. The van der Waals surface area contributed by atoms with Crippen LogP contribution in [0.2, 0.25) is 0 Å². The monoisotopic (exact) mass is 531 g/mol. The quantitative estimate of drug-likeness (QED) is 0.227. The fourth-order valence-electron chi connectivity index (χ4n) is 4.02. The highest BCUT2D eigenvalue weighted by molar-refractivity contribution is 5.88. The number of phenols is 3. The first kappa shape index (κ1) is 26.7. The molecule has 0 bridgehead atoms. The van der Waals surface area contributed by atoms with Gasteiger partial charge in [-0.3, -0.25) is 19.2 Å². The highest BCUT2D eigenvalue weighted by Gasteiger charge is 2.49. The third-order valence-electron chi connectivity index (χ3n) is 5.67. The van der Waals surface area contributed by atoms with Gasteiger partial charge in [0.25, 0.3) is 0 Å². The Balaban J connectivity index is 1.80. The number of amides is 1. The molecule has 0 spiro atoms. The molecule has 13 heteroatoms. The van der Waals surface area contributed by atoms with E-state index in [9.17, 15) is 34.8 Å². The standard InChI is InChI=1S/C25H25NO12/c1-10-21(38-26-11(2)27)24(35-12(3)28)20(33)25(34-10)37-23-19(32)18-16(31)8-15(30)9-17(18)36-22(23)13-4-6-14(29)7-5-13/h4-10,20-21,24-25,29-31,33H,1-3H3,(H,26,27)/t10-,20+,21-,24-,25-/m0/s1. The van der Waals surface area contributed by atoms with Crippen LogP contribution < -0.4 is 15.6 Å². The van der Waals surface area contributed by atoms with Gasteiger partial charge >= 0.3 is 5.97 Å². The van der Waals surface area contributed by atoms with Crippen molar-refractivity contribution in [1.29, 1.82) is 0 Å². The van der Waals surface area contributed by atoms with Crippen LogP contribution >= 0.6 is 0 Å². The number of fused-ring (bicyclic) bond motifs is 1. The van der Waals surface area contributed by atoms with E-state index in [1.165, 1.54) is 38.1 Å². The summed E-state index contributed by atoms with van der Waals surface area (Å²) in [7, 11) is 0. The third kappa shape index (κ3) is 5.34. The van der Waals surface area contributed by atoms with Crippen molar-refractivity contribution in [1.82, 2.24) is 5.48 Å². The van der Waals surface area contributed by atoms with Crippen LogP contribution in [0.3, 0.4) is 0 Å². The zero-order valence-corrected chi connectivity index (χ0v) is 20.4. The molecule has 3 aromatic rings. The van der Waals surface area contributed by atoms with E-state index in [-0.39, 0.29) is 33.8 Å². The van der Waals surface area contributed by atoms with Gasteiger partial charge in [-0.25, -0.2) is 5.48 Å². The molecule has 2 heterocycles. The molecule has 0 aliphatic carbocycles. The maximum absolute atomic E-state index is 13.5. The smallest absolute Gasteiger partial charge is 0.303 e. The first-order chi connectivity index (χ1) is 18.0. The predicted molar refractivity (Wildman–Crippen MR) is 128 cm³/mol. The number of hydrogen-bond donors (Lipinski definition) is 5. The van der Waals surface area contributed by atoms with Crippen LogP contribution in [0.1, 0.15) is 20.8 Å². The van der Waals surface area contributed by atoms with Gasteiger partial charge in [-0.2, -0.15) is 0 Å². The van der Waals surface area contributed by atoms with E-state index in [1.54, 1.807) is 0 Å². The summed E-state index contributed by atoms with van der Waals surface area (Å²) >= 11 is 0.